The third kappa shape index (κ3) is 7.78. The number of nitrogens with two attached hydrogens (primary N) is 1. The van der Waals surface area contributed by atoms with Crippen molar-refractivity contribution in [3.8, 4) is 0 Å². The van der Waals surface area contributed by atoms with Crippen LogP contribution in [0.2, 0.25) is 0 Å². The maximum absolute atomic E-state index is 10.5. The monoisotopic (exact) mass is 187 g/mol. The molecule has 0 aliphatic heterocycles. The summed E-state index contributed by atoms with van der Waals surface area (Å²) in [6.07, 6.45) is 4.23. The van der Waals surface area contributed by atoms with Crippen LogP contribution in [0.1, 0.15) is 40.9 Å². The summed E-state index contributed by atoms with van der Waals surface area (Å²) in [4.78, 5) is 10.5. The lowest BCUT2D eigenvalue weighted by molar-refractivity contribution is -0.117. The molecule has 3 N–H and O–H groups in total. The molecule has 3 nitrogen and oxygen atoms in total. The van der Waals surface area contributed by atoms with Crippen molar-refractivity contribution >= 4 is 5.91 Å². The van der Waals surface area contributed by atoms with Crippen LogP contribution in [0.15, 0.2) is 0 Å². The average Bonchev–Trinajstić information content (AvgIpc) is 2.14. The number of nitrogens with one attached hydrogen (secondary N) is 1. The molecule has 0 unspecified atom stereocenters. The first-order chi connectivity index (χ1) is 6.61. The van der Waals surface area contributed by atoms with E-state index in [1.54, 1.807) is 0 Å². The lowest BCUT2D eigenvalue weighted by Crippen LogP contribution is -2.32. The third-order valence-electron chi connectivity index (χ3n) is 1.95. The smallest absolute Gasteiger partial charge is 0.231 e. The van der Waals surface area contributed by atoms with Crippen LogP contribution in [0.3, 0.4) is 0 Å². The van der Waals surface area contributed by atoms with E-state index in [0.717, 1.165) is 25.7 Å². The summed E-state index contributed by atoms with van der Waals surface area (Å²) < 4.78 is 7.81. The molecule has 13 heavy (non-hydrogen) atoms. The molecule has 0 saturated carbocycles. The van der Waals surface area contributed by atoms with Crippen molar-refractivity contribution in [1.82, 2.24) is 5.32 Å². The molecule has 0 heterocycles. The zero-order valence-corrected chi connectivity index (χ0v) is 8.68. The van der Waals surface area contributed by atoms with Crippen LogP contribution in [-0.2, 0) is 4.79 Å². The quantitative estimate of drug-likeness (QED) is 0.601. The Morgan fingerprint density at radius 1 is 1.46 bits per heavy atom. The van der Waals surface area contributed by atoms with Gasteiger partial charge in [0, 0.05) is 1.37 Å². The second-order valence-electron chi connectivity index (χ2n) is 3.35. The molecule has 0 fully saturated rings. The second-order valence-corrected chi connectivity index (χ2v) is 3.35. The highest BCUT2D eigenvalue weighted by Crippen LogP contribution is 2.11. The van der Waals surface area contributed by atoms with Gasteiger partial charge in [-0.25, -0.2) is 0 Å². The SMILES string of the molecule is [2H][C@@H](NCC(N)=O)C(CCC)CCC. The van der Waals surface area contributed by atoms with Crippen LogP contribution in [0, 0.1) is 5.92 Å². The van der Waals surface area contributed by atoms with Gasteiger partial charge in [0.15, 0.2) is 0 Å². The summed E-state index contributed by atoms with van der Waals surface area (Å²) >= 11 is 0. The van der Waals surface area contributed by atoms with Crippen molar-refractivity contribution in [2.45, 2.75) is 39.5 Å². The summed E-state index contributed by atoms with van der Waals surface area (Å²) in [5.41, 5.74) is 5.00. The maximum atomic E-state index is 10.5. The Morgan fingerprint density at radius 3 is 2.38 bits per heavy atom. The number of hydrogen-bond acceptors (Lipinski definition) is 2. The van der Waals surface area contributed by atoms with E-state index in [-0.39, 0.29) is 13.1 Å². The molecule has 0 aromatic carbocycles. The van der Waals surface area contributed by atoms with E-state index in [4.69, 9.17) is 7.10 Å². The Hall–Kier alpha value is -0.570. The van der Waals surface area contributed by atoms with Crippen LogP contribution in [0.25, 0.3) is 0 Å². The van der Waals surface area contributed by atoms with E-state index < -0.39 is 5.91 Å². The van der Waals surface area contributed by atoms with Gasteiger partial charge in [-0.15, -0.1) is 0 Å². The van der Waals surface area contributed by atoms with Crippen LogP contribution < -0.4 is 11.1 Å². The number of carbonyl (C=O) groups excluding carboxylic acids is 1. The summed E-state index contributed by atoms with van der Waals surface area (Å²) in [5.74, 6) is -0.0571. The highest BCUT2D eigenvalue weighted by molar-refractivity contribution is 5.75. The van der Waals surface area contributed by atoms with E-state index in [9.17, 15) is 4.79 Å². The minimum absolute atomic E-state index is 0.109. The van der Waals surface area contributed by atoms with Crippen LogP contribution in [0.5, 0.6) is 0 Å². The van der Waals surface area contributed by atoms with Gasteiger partial charge in [0.05, 0.1) is 6.54 Å². The Morgan fingerprint density at radius 2 is 2.00 bits per heavy atom. The van der Waals surface area contributed by atoms with Crippen molar-refractivity contribution in [2.24, 2.45) is 11.7 Å². The highest BCUT2D eigenvalue weighted by Gasteiger charge is 2.05. The molecule has 0 saturated heterocycles. The Kier molecular flexibility index (Phi) is 6.51. The molecule has 3 heteroatoms. The number of hydrogen-bond donors (Lipinski definition) is 2. The Balaban J connectivity index is 3.86. The first kappa shape index (κ1) is 10.5. The molecule has 0 rings (SSSR count). The summed E-state index contributed by atoms with van der Waals surface area (Å²) in [6, 6.07) is 0. The highest BCUT2D eigenvalue weighted by atomic mass is 16.1. The van der Waals surface area contributed by atoms with Crippen molar-refractivity contribution in [3.05, 3.63) is 0 Å². The van der Waals surface area contributed by atoms with Gasteiger partial charge in [-0.2, -0.15) is 0 Å². The van der Waals surface area contributed by atoms with E-state index in [0.29, 0.717) is 5.92 Å². The van der Waals surface area contributed by atoms with Crippen LogP contribution in [-0.4, -0.2) is 19.0 Å². The molecule has 0 aliphatic rings. The van der Waals surface area contributed by atoms with Gasteiger partial charge in [0.1, 0.15) is 0 Å². The molecule has 0 aliphatic carbocycles. The van der Waals surface area contributed by atoms with Crippen molar-refractivity contribution in [2.75, 3.05) is 13.1 Å². The van der Waals surface area contributed by atoms with Gasteiger partial charge < -0.3 is 11.1 Å². The normalized spacial score (nSPS) is 14.2. The van der Waals surface area contributed by atoms with Crippen molar-refractivity contribution in [1.29, 1.82) is 0 Å². The minimum atomic E-state index is -0.394. The molecule has 0 bridgehead atoms. The van der Waals surface area contributed by atoms with Gasteiger partial charge in [-0.1, -0.05) is 26.7 Å². The zero-order chi connectivity index (χ0) is 11.0. The fourth-order valence-electron chi connectivity index (χ4n) is 1.38. The number of primary amides is 1. The average molecular weight is 187 g/mol. The molecule has 1 amide bonds. The summed E-state index contributed by atoms with van der Waals surface area (Å²) in [7, 11) is 0. The van der Waals surface area contributed by atoms with Crippen molar-refractivity contribution in [3.63, 3.8) is 0 Å². The predicted octanol–water partition coefficient (Wildman–Crippen LogP) is 1.28. The topological polar surface area (TPSA) is 55.1 Å². The Bertz CT molecular complexity index is 158. The molecule has 1 atom stereocenters. The van der Waals surface area contributed by atoms with Gasteiger partial charge in [0.2, 0.25) is 5.91 Å². The largest absolute Gasteiger partial charge is 0.369 e. The lowest BCUT2D eigenvalue weighted by atomic mass is 9.98. The number of rotatable bonds is 8. The van der Waals surface area contributed by atoms with E-state index >= 15 is 0 Å². The van der Waals surface area contributed by atoms with Gasteiger partial charge >= 0.3 is 0 Å². The van der Waals surface area contributed by atoms with Gasteiger partial charge in [-0.3, -0.25) is 4.79 Å². The van der Waals surface area contributed by atoms with Crippen molar-refractivity contribution < 1.29 is 6.17 Å². The van der Waals surface area contributed by atoms with E-state index in [1.165, 1.54) is 0 Å². The number of amides is 1. The molecule has 0 aromatic rings. The Labute approximate surface area is 82.5 Å². The lowest BCUT2D eigenvalue weighted by Gasteiger charge is -2.14. The summed E-state index contributed by atoms with van der Waals surface area (Å²) in [6.45, 7) is 3.98. The molecule has 0 aromatic heterocycles. The van der Waals surface area contributed by atoms with Gasteiger partial charge in [-0.05, 0) is 25.3 Å². The van der Waals surface area contributed by atoms with Gasteiger partial charge in [0.25, 0.3) is 0 Å². The first-order valence-electron chi connectivity index (χ1n) is 5.63. The first-order valence-corrected chi connectivity index (χ1v) is 5.05. The fourth-order valence-corrected chi connectivity index (χ4v) is 1.38. The second kappa shape index (κ2) is 8.05. The fraction of sp³-hybridized carbons (Fsp3) is 0.900. The molecule has 0 spiro atoms. The third-order valence-corrected chi connectivity index (χ3v) is 1.95. The maximum Gasteiger partial charge on any atom is 0.231 e. The molecule has 0 radical (unpaired) electrons. The molecular formula is C10H22N2O. The van der Waals surface area contributed by atoms with Crippen LogP contribution in [0.4, 0.5) is 0 Å². The van der Waals surface area contributed by atoms with E-state index in [1.807, 2.05) is 0 Å². The summed E-state index contributed by atoms with van der Waals surface area (Å²) in [5, 5.41) is 2.84. The molecular weight excluding hydrogens is 164 g/mol. The predicted molar refractivity (Wildman–Crippen MR) is 55.4 cm³/mol. The molecule has 78 valence electrons. The van der Waals surface area contributed by atoms with E-state index in [2.05, 4.69) is 19.2 Å². The minimum Gasteiger partial charge on any atom is -0.369 e. The zero-order valence-electron chi connectivity index (χ0n) is 9.68. The van der Waals surface area contributed by atoms with Crippen LogP contribution >= 0.6 is 0 Å². The number of carbonyl (C=O) groups is 1. The standard InChI is InChI=1S/C10H22N2O/c1-3-5-9(6-4-2)7-12-8-10(11)13/h9,12H,3-8H2,1-2H3,(H2,11,13)/i7D/t7-/m1/s1.